The summed E-state index contributed by atoms with van der Waals surface area (Å²) in [6.45, 7) is 3.13. The lowest BCUT2D eigenvalue weighted by Gasteiger charge is -2.22. The van der Waals surface area contributed by atoms with Gasteiger partial charge in [0.05, 0.1) is 16.2 Å². The fourth-order valence-corrected chi connectivity index (χ4v) is 3.84. The molecule has 3 rings (SSSR count). The maximum atomic E-state index is 13.1. The molecule has 0 aliphatic carbocycles. The van der Waals surface area contributed by atoms with E-state index in [9.17, 15) is 26.4 Å². The van der Waals surface area contributed by atoms with Crippen LogP contribution in [-0.2, 0) is 9.84 Å². The Balaban J connectivity index is 1.90. The van der Waals surface area contributed by atoms with E-state index in [1.165, 1.54) is 11.2 Å². The summed E-state index contributed by atoms with van der Waals surface area (Å²) in [6.07, 6.45) is -3.75. The van der Waals surface area contributed by atoms with Gasteiger partial charge in [0.15, 0.2) is 21.8 Å². The highest BCUT2D eigenvalue weighted by Gasteiger charge is 2.39. The van der Waals surface area contributed by atoms with Gasteiger partial charge in [0.1, 0.15) is 12.0 Å². The van der Waals surface area contributed by atoms with Crippen LogP contribution in [0, 0.1) is 6.92 Å². The van der Waals surface area contributed by atoms with E-state index in [2.05, 4.69) is 4.98 Å². The molecule has 1 aromatic carbocycles. The highest BCUT2D eigenvalue weighted by molar-refractivity contribution is 7.90. The molecule has 1 amide bonds. The van der Waals surface area contributed by atoms with E-state index in [-0.39, 0.29) is 28.7 Å². The Hall–Kier alpha value is -2.56. The van der Waals surface area contributed by atoms with Crippen molar-refractivity contribution in [1.82, 2.24) is 9.88 Å². The first-order chi connectivity index (χ1) is 13.9. The Labute approximate surface area is 171 Å². The molecule has 1 fully saturated rings. The molecule has 2 aromatic rings. The number of ether oxygens (including phenoxy) is 1. The number of carbonyl (C=O) groups excluding carboxylic acids is 1. The van der Waals surface area contributed by atoms with Crippen LogP contribution in [0.15, 0.2) is 33.8 Å². The molecule has 0 bridgehead atoms. The third kappa shape index (κ3) is 4.77. The lowest BCUT2D eigenvalue weighted by Crippen LogP contribution is -2.33. The lowest BCUT2D eigenvalue weighted by atomic mass is 10.1. The fourth-order valence-electron chi connectivity index (χ4n) is 3.19. The second kappa shape index (κ2) is 7.93. The van der Waals surface area contributed by atoms with Crippen molar-refractivity contribution in [3.63, 3.8) is 0 Å². The molecule has 2 heterocycles. The van der Waals surface area contributed by atoms with E-state index in [4.69, 9.17) is 9.15 Å². The van der Waals surface area contributed by atoms with Crippen molar-refractivity contribution in [3.05, 3.63) is 41.6 Å². The minimum atomic E-state index is -4.64. The van der Waals surface area contributed by atoms with Crippen LogP contribution in [0.2, 0.25) is 0 Å². The monoisotopic (exact) mass is 446 g/mol. The Kier molecular flexibility index (Phi) is 5.85. The molecule has 7 nitrogen and oxygen atoms in total. The van der Waals surface area contributed by atoms with E-state index < -0.39 is 28.0 Å². The van der Waals surface area contributed by atoms with Crippen LogP contribution in [0.5, 0.6) is 5.75 Å². The average molecular weight is 446 g/mol. The lowest BCUT2D eigenvalue weighted by molar-refractivity contribution is -0.189. The summed E-state index contributed by atoms with van der Waals surface area (Å²) in [5, 5.41) is 0. The summed E-state index contributed by atoms with van der Waals surface area (Å²) in [7, 11) is -3.68. The first-order valence-electron chi connectivity index (χ1n) is 9.15. The summed E-state index contributed by atoms with van der Waals surface area (Å²) >= 11 is 0. The normalized spacial score (nSPS) is 18.5. The van der Waals surface area contributed by atoms with Gasteiger partial charge in [0.2, 0.25) is 0 Å². The number of amides is 1. The number of hydrogen-bond acceptors (Lipinski definition) is 6. The van der Waals surface area contributed by atoms with E-state index in [0.717, 1.165) is 31.4 Å². The molecule has 0 spiro atoms. The quantitative estimate of drug-likeness (QED) is 0.700. The molecule has 0 saturated carbocycles. The van der Waals surface area contributed by atoms with Crippen LogP contribution in [0.4, 0.5) is 13.2 Å². The molecule has 0 radical (unpaired) electrons. The fraction of sp³-hybridized carbons (Fsp3) is 0.474. The van der Waals surface area contributed by atoms with Crippen LogP contribution in [0.1, 0.15) is 41.2 Å². The van der Waals surface area contributed by atoms with Gasteiger partial charge in [-0.25, -0.2) is 13.4 Å². The van der Waals surface area contributed by atoms with Crippen molar-refractivity contribution in [1.29, 1.82) is 0 Å². The number of carbonyl (C=O) groups is 1. The molecule has 164 valence electrons. The molecule has 2 unspecified atom stereocenters. The molecule has 1 saturated heterocycles. The van der Waals surface area contributed by atoms with Crippen molar-refractivity contribution in [2.75, 3.05) is 19.3 Å². The predicted octanol–water partition coefficient (Wildman–Crippen LogP) is 3.35. The standard InChI is InChI=1S/C19H21F3N2O5S/c1-11(19(20,21)22)29-17-5-4-14(30(3,26)27)8-15(17)18(25)24-7-6-13(9-24)16-10-28-12(2)23-16/h4-5,8,10-11,13H,6-7,9H2,1-3H3. The van der Waals surface area contributed by atoms with Gasteiger partial charge in [0, 0.05) is 32.2 Å². The predicted molar refractivity (Wildman–Crippen MR) is 100 cm³/mol. The number of aromatic nitrogens is 1. The minimum absolute atomic E-state index is 0.0806. The second-order valence-electron chi connectivity index (χ2n) is 7.26. The van der Waals surface area contributed by atoms with Crippen molar-refractivity contribution in [2.24, 2.45) is 0 Å². The Morgan fingerprint density at radius 3 is 2.63 bits per heavy atom. The molecule has 11 heteroatoms. The first-order valence-corrected chi connectivity index (χ1v) is 11.0. The van der Waals surface area contributed by atoms with Gasteiger partial charge in [-0.05, 0) is 31.5 Å². The van der Waals surface area contributed by atoms with Gasteiger partial charge >= 0.3 is 6.18 Å². The number of oxazole rings is 1. The van der Waals surface area contributed by atoms with E-state index in [1.807, 2.05) is 0 Å². The Bertz CT molecular complexity index is 1050. The average Bonchev–Trinajstić information content (AvgIpc) is 3.28. The molecule has 1 aliphatic rings. The molecule has 30 heavy (non-hydrogen) atoms. The van der Waals surface area contributed by atoms with Crippen molar-refractivity contribution in [2.45, 2.75) is 43.4 Å². The number of likely N-dealkylation sites (tertiary alicyclic amines) is 1. The number of alkyl halides is 3. The summed E-state index contributed by atoms with van der Waals surface area (Å²) in [5.74, 6) is -0.513. The number of nitrogens with zero attached hydrogens (tertiary/aromatic N) is 2. The summed E-state index contributed by atoms with van der Waals surface area (Å²) < 4.78 is 72.8. The third-order valence-electron chi connectivity index (χ3n) is 4.90. The van der Waals surface area contributed by atoms with Gasteiger partial charge in [-0.2, -0.15) is 13.2 Å². The van der Waals surface area contributed by atoms with E-state index in [1.54, 1.807) is 6.92 Å². The van der Waals surface area contributed by atoms with E-state index in [0.29, 0.717) is 24.6 Å². The number of rotatable bonds is 5. The molecule has 0 N–H and O–H groups in total. The Morgan fingerprint density at radius 1 is 1.37 bits per heavy atom. The molecular weight excluding hydrogens is 425 g/mol. The smallest absolute Gasteiger partial charge is 0.425 e. The summed E-state index contributed by atoms with van der Waals surface area (Å²) in [4.78, 5) is 18.6. The van der Waals surface area contributed by atoms with Crippen molar-refractivity contribution in [3.8, 4) is 5.75 Å². The highest BCUT2D eigenvalue weighted by Crippen LogP contribution is 2.32. The van der Waals surface area contributed by atoms with E-state index >= 15 is 0 Å². The number of benzene rings is 1. The van der Waals surface area contributed by atoms with Gasteiger partial charge in [-0.15, -0.1) is 0 Å². The van der Waals surface area contributed by atoms with Crippen molar-refractivity contribution < 1.29 is 35.5 Å². The van der Waals surface area contributed by atoms with Crippen LogP contribution in [-0.4, -0.2) is 55.8 Å². The molecular formula is C19H21F3N2O5S. The number of hydrogen-bond donors (Lipinski definition) is 0. The van der Waals surface area contributed by atoms with Gasteiger partial charge in [-0.3, -0.25) is 4.79 Å². The zero-order valence-corrected chi connectivity index (χ0v) is 17.4. The highest BCUT2D eigenvalue weighted by atomic mass is 32.2. The molecule has 1 aliphatic heterocycles. The largest absolute Gasteiger partial charge is 0.480 e. The van der Waals surface area contributed by atoms with Crippen molar-refractivity contribution >= 4 is 15.7 Å². The minimum Gasteiger partial charge on any atom is -0.480 e. The van der Waals surface area contributed by atoms with Gasteiger partial charge < -0.3 is 14.1 Å². The van der Waals surface area contributed by atoms with Crippen LogP contribution < -0.4 is 4.74 Å². The number of aryl methyl sites for hydroxylation is 1. The third-order valence-corrected chi connectivity index (χ3v) is 6.02. The SMILES string of the molecule is Cc1nc(C2CCN(C(=O)c3cc(S(C)(=O)=O)ccc3OC(C)C(F)(F)F)C2)co1. The van der Waals surface area contributed by atoms with Crippen LogP contribution in [0.3, 0.4) is 0 Å². The maximum Gasteiger partial charge on any atom is 0.425 e. The number of halogens is 3. The summed E-state index contributed by atoms with van der Waals surface area (Å²) in [6, 6.07) is 3.26. The Morgan fingerprint density at radius 2 is 2.07 bits per heavy atom. The zero-order chi connectivity index (χ0) is 22.3. The molecule has 2 atom stereocenters. The first kappa shape index (κ1) is 22.1. The maximum absolute atomic E-state index is 13.1. The topological polar surface area (TPSA) is 89.7 Å². The molecule has 1 aromatic heterocycles. The van der Waals surface area contributed by atoms with Crippen LogP contribution >= 0.6 is 0 Å². The van der Waals surface area contributed by atoms with Gasteiger partial charge in [0.25, 0.3) is 5.91 Å². The summed E-state index contributed by atoms with van der Waals surface area (Å²) in [5.41, 5.74) is 0.459. The number of sulfone groups is 1. The second-order valence-corrected chi connectivity index (χ2v) is 9.28. The van der Waals surface area contributed by atoms with Crippen LogP contribution in [0.25, 0.3) is 0 Å². The zero-order valence-electron chi connectivity index (χ0n) is 16.6. The van der Waals surface area contributed by atoms with Gasteiger partial charge in [-0.1, -0.05) is 0 Å².